The van der Waals surface area contributed by atoms with Crippen LogP contribution in [0.1, 0.15) is 0 Å². The molecular weight excluding hydrogens is 478 g/mol. The first-order valence-corrected chi connectivity index (χ1v) is 11.1. The molecule has 0 bridgehead atoms. The molecule has 0 aliphatic rings. The Morgan fingerprint density at radius 2 is 0.844 bits per heavy atom. The van der Waals surface area contributed by atoms with Gasteiger partial charge >= 0.3 is 59.1 Å². The van der Waals surface area contributed by atoms with E-state index in [9.17, 15) is 36.2 Å². The number of fused-ring (bicyclic) bond motifs is 2. The van der Waals surface area contributed by atoms with Crippen molar-refractivity contribution < 1.29 is 95.3 Å². The average molecular weight is 492 g/mol. The molecule has 0 saturated heterocycles. The number of hydrogen-bond donors (Lipinski definition) is 2. The molecule has 0 aromatic heterocycles. The Labute approximate surface area is 229 Å². The predicted octanol–water partition coefficient (Wildman–Crippen LogP) is -3.09. The Morgan fingerprint density at radius 1 is 0.531 bits per heavy atom. The van der Waals surface area contributed by atoms with Crippen molar-refractivity contribution in [1.82, 2.24) is 0 Å². The molecule has 4 rings (SSSR count). The van der Waals surface area contributed by atoms with Crippen LogP contribution in [0.25, 0.3) is 21.5 Å². The third-order valence-corrected chi connectivity index (χ3v) is 6.08. The van der Waals surface area contributed by atoms with Crippen molar-refractivity contribution in [3.63, 3.8) is 0 Å². The monoisotopic (exact) mass is 492 g/mol. The number of rotatable bonds is 2. The topological polar surface area (TPSA) is 155 Å². The van der Waals surface area contributed by atoms with Crippen molar-refractivity contribution in [2.24, 2.45) is 0 Å². The number of hydrogen-bond acceptors (Lipinski definition) is 8. The van der Waals surface area contributed by atoms with Gasteiger partial charge in [0.1, 0.15) is 41.5 Å². The third kappa shape index (κ3) is 6.45. The first-order valence-electron chi connectivity index (χ1n) is 8.33. The van der Waals surface area contributed by atoms with E-state index in [1.807, 2.05) is 0 Å². The number of phenolic OH excluding ortho intramolecular Hbond substituents is 2. The van der Waals surface area contributed by atoms with Gasteiger partial charge < -0.3 is 19.3 Å². The first-order chi connectivity index (χ1) is 14.0. The molecule has 0 amide bonds. The van der Waals surface area contributed by atoms with Gasteiger partial charge in [-0.3, -0.25) is 0 Å². The molecule has 0 aliphatic carbocycles. The van der Waals surface area contributed by atoms with Crippen LogP contribution in [-0.4, -0.2) is 36.2 Å². The maximum Gasteiger partial charge on any atom is 1.00 e. The molecule has 2 N–H and O–H groups in total. The second kappa shape index (κ2) is 11.3. The Hall–Kier alpha value is -1.18. The molecule has 0 saturated carbocycles. The largest absolute Gasteiger partial charge is 1.00 e. The Morgan fingerprint density at radius 3 is 1.16 bits per heavy atom. The van der Waals surface area contributed by atoms with Gasteiger partial charge in [0.15, 0.2) is 0 Å². The van der Waals surface area contributed by atoms with Gasteiger partial charge in [-0.25, -0.2) is 16.8 Å². The fraction of sp³-hybridized carbons (Fsp3) is 0. The molecule has 0 aliphatic heterocycles. The molecule has 0 heterocycles. The van der Waals surface area contributed by atoms with Crippen LogP contribution in [0.4, 0.5) is 0 Å². The van der Waals surface area contributed by atoms with E-state index in [1.54, 1.807) is 48.5 Å². The molecular formula is C20H14Na2O8S2. The van der Waals surface area contributed by atoms with E-state index in [2.05, 4.69) is 0 Å². The van der Waals surface area contributed by atoms with Gasteiger partial charge in [0.2, 0.25) is 0 Å². The zero-order valence-corrected chi connectivity index (χ0v) is 22.7. The molecule has 4 aromatic carbocycles. The van der Waals surface area contributed by atoms with Gasteiger partial charge in [-0.2, -0.15) is 0 Å². The number of benzene rings is 4. The standard InChI is InChI=1S/2C10H8O4S.2Na/c2*11-9-6-5-7-3-1-2-4-8(7)10(9)15(12,13)14;;/h2*1-6,11H,(H,12,13,14);;/q;;2*+1/p-2. The smallest absolute Gasteiger partial charge is 0.744 e. The summed E-state index contributed by atoms with van der Waals surface area (Å²) < 4.78 is 65.7. The zero-order chi connectivity index (χ0) is 22.1. The summed E-state index contributed by atoms with van der Waals surface area (Å²) in [7, 11) is -9.32. The SMILES string of the molecule is O=S(=O)([O-])c1c(O)ccc2ccccc12.O=S(=O)([O-])c1c(O)ccc2ccccc12.[Na+].[Na+]. The molecule has 4 aromatic rings. The zero-order valence-electron chi connectivity index (χ0n) is 17.1. The van der Waals surface area contributed by atoms with E-state index in [0.717, 1.165) is 0 Å². The van der Waals surface area contributed by atoms with Crippen molar-refractivity contribution >= 4 is 41.8 Å². The van der Waals surface area contributed by atoms with Crippen LogP contribution in [0.5, 0.6) is 11.5 Å². The van der Waals surface area contributed by atoms with Crippen molar-refractivity contribution in [1.29, 1.82) is 0 Å². The van der Waals surface area contributed by atoms with Gasteiger partial charge in [0.25, 0.3) is 0 Å². The van der Waals surface area contributed by atoms with E-state index < -0.39 is 41.5 Å². The second-order valence-electron chi connectivity index (χ2n) is 6.18. The average Bonchev–Trinajstić information content (AvgIpc) is 2.66. The van der Waals surface area contributed by atoms with Crippen molar-refractivity contribution in [2.75, 3.05) is 0 Å². The summed E-state index contributed by atoms with van der Waals surface area (Å²) in [6.07, 6.45) is 0. The summed E-state index contributed by atoms with van der Waals surface area (Å²) >= 11 is 0. The van der Waals surface area contributed by atoms with Crippen molar-refractivity contribution in [3.8, 4) is 11.5 Å². The van der Waals surface area contributed by atoms with E-state index in [1.165, 1.54) is 24.3 Å². The van der Waals surface area contributed by atoms with Crippen LogP contribution in [0.2, 0.25) is 0 Å². The fourth-order valence-electron chi connectivity index (χ4n) is 2.99. The fourth-order valence-corrected chi connectivity index (χ4v) is 4.55. The summed E-state index contributed by atoms with van der Waals surface area (Å²) in [4.78, 5) is -1.11. The minimum absolute atomic E-state index is 0. The Kier molecular flexibility index (Phi) is 10.2. The molecule has 0 radical (unpaired) electrons. The van der Waals surface area contributed by atoms with Gasteiger partial charge in [0.05, 0.1) is 0 Å². The Balaban J connectivity index is 0.000000301. The van der Waals surface area contributed by atoms with Crippen LogP contribution in [0.15, 0.2) is 82.6 Å². The van der Waals surface area contributed by atoms with Crippen LogP contribution < -0.4 is 59.1 Å². The van der Waals surface area contributed by atoms with Crippen LogP contribution in [0.3, 0.4) is 0 Å². The van der Waals surface area contributed by atoms with Crippen LogP contribution >= 0.6 is 0 Å². The third-order valence-electron chi connectivity index (χ3n) is 4.22. The quantitative estimate of drug-likeness (QED) is 0.220. The van der Waals surface area contributed by atoms with Crippen molar-refractivity contribution in [2.45, 2.75) is 9.79 Å². The predicted molar refractivity (Wildman–Crippen MR) is 107 cm³/mol. The first kappa shape index (κ1) is 28.9. The Bertz CT molecular complexity index is 1360. The van der Waals surface area contributed by atoms with E-state index in [-0.39, 0.29) is 69.9 Å². The number of aromatic hydroxyl groups is 2. The molecule has 0 fully saturated rings. The summed E-state index contributed by atoms with van der Waals surface area (Å²) in [6, 6.07) is 18.5. The second-order valence-corrected chi connectivity index (χ2v) is 8.81. The van der Waals surface area contributed by atoms with Gasteiger partial charge in [-0.05, 0) is 22.9 Å². The van der Waals surface area contributed by atoms with Gasteiger partial charge in [-0.1, -0.05) is 60.7 Å². The van der Waals surface area contributed by atoms with Gasteiger partial charge in [-0.15, -0.1) is 0 Å². The van der Waals surface area contributed by atoms with Crippen LogP contribution in [0, 0.1) is 0 Å². The summed E-state index contributed by atoms with van der Waals surface area (Å²) in [5, 5.41) is 20.4. The summed E-state index contributed by atoms with van der Waals surface area (Å²) in [6.45, 7) is 0. The molecule has 156 valence electrons. The van der Waals surface area contributed by atoms with E-state index >= 15 is 0 Å². The number of phenols is 2. The van der Waals surface area contributed by atoms with Crippen LogP contribution in [-0.2, 0) is 20.2 Å². The van der Waals surface area contributed by atoms with Gasteiger partial charge in [0, 0.05) is 10.8 Å². The molecule has 0 atom stereocenters. The minimum Gasteiger partial charge on any atom is -0.744 e. The maximum atomic E-state index is 11.0. The summed E-state index contributed by atoms with van der Waals surface area (Å²) in [5.41, 5.74) is 0. The molecule has 8 nitrogen and oxygen atoms in total. The molecule has 32 heavy (non-hydrogen) atoms. The molecule has 12 heteroatoms. The normalized spacial score (nSPS) is 11.1. The van der Waals surface area contributed by atoms with E-state index in [0.29, 0.717) is 10.8 Å². The van der Waals surface area contributed by atoms with E-state index in [4.69, 9.17) is 0 Å². The molecule has 0 spiro atoms. The molecule has 0 unspecified atom stereocenters. The summed E-state index contributed by atoms with van der Waals surface area (Å²) in [5.74, 6) is -1.02. The minimum atomic E-state index is -4.66. The maximum absolute atomic E-state index is 11.0. The van der Waals surface area contributed by atoms with Crippen molar-refractivity contribution in [3.05, 3.63) is 72.8 Å².